The van der Waals surface area contributed by atoms with E-state index < -0.39 is 0 Å². The van der Waals surface area contributed by atoms with Crippen molar-refractivity contribution in [2.75, 3.05) is 5.32 Å². The molecule has 0 aliphatic carbocycles. The van der Waals surface area contributed by atoms with Crippen LogP contribution in [0.15, 0.2) is 65.8 Å². The van der Waals surface area contributed by atoms with Crippen molar-refractivity contribution in [1.82, 2.24) is 9.97 Å². The Morgan fingerprint density at radius 2 is 1.89 bits per heavy atom. The number of anilines is 2. The molecule has 0 unspecified atom stereocenters. The Kier molecular flexibility index (Phi) is 6.44. The van der Waals surface area contributed by atoms with Gasteiger partial charge in [0.25, 0.3) is 0 Å². The van der Waals surface area contributed by atoms with E-state index in [-0.39, 0.29) is 5.97 Å². The molecule has 0 atom stereocenters. The van der Waals surface area contributed by atoms with Crippen molar-refractivity contribution < 1.29 is 9.53 Å². The smallest absolute Gasteiger partial charge is 0.310 e. The van der Waals surface area contributed by atoms with E-state index in [1.54, 1.807) is 30.8 Å². The van der Waals surface area contributed by atoms with Crippen molar-refractivity contribution in [2.24, 2.45) is 0 Å². The molecule has 0 saturated heterocycles. The second kappa shape index (κ2) is 9.19. The average Bonchev–Trinajstić information content (AvgIpc) is 2.67. The summed E-state index contributed by atoms with van der Waals surface area (Å²) in [5, 5.41) is 3.98. The fourth-order valence-electron chi connectivity index (χ4n) is 2.38. The van der Waals surface area contributed by atoms with Gasteiger partial charge in [-0.05, 0) is 24.6 Å². The lowest BCUT2D eigenvalue weighted by atomic mass is 10.2. The molecular formula is C21H21N3O2S. The van der Waals surface area contributed by atoms with Crippen LogP contribution in [0.3, 0.4) is 0 Å². The van der Waals surface area contributed by atoms with Gasteiger partial charge in [0.05, 0.1) is 0 Å². The van der Waals surface area contributed by atoms with Crippen molar-refractivity contribution in [3.63, 3.8) is 0 Å². The quantitative estimate of drug-likeness (QED) is 0.265. The molecule has 138 valence electrons. The molecule has 0 saturated carbocycles. The number of ether oxygens (including phenoxy) is 1. The van der Waals surface area contributed by atoms with Crippen molar-refractivity contribution in [2.45, 2.75) is 31.2 Å². The van der Waals surface area contributed by atoms with E-state index in [0.29, 0.717) is 18.0 Å². The minimum Gasteiger partial charge on any atom is -0.426 e. The Hall–Kier alpha value is -2.86. The highest BCUT2D eigenvalue weighted by molar-refractivity contribution is 7.98. The van der Waals surface area contributed by atoms with Crippen LogP contribution in [0.2, 0.25) is 0 Å². The first-order valence-electron chi connectivity index (χ1n) is 8.72. The number of esters is 1. The number of aromatic nitrogens is 2. The van der Waals surface area contributed by atoms with E-state index in [0.717, 1.165) is 22.3 Å². The van der Waals surface area contributed by atoms with E-state index in [2.05, 4.69) is 27.4 Å². The van der Waals surface area contributed by atoms with Crippen molar-refractivity contribution >= 4 is 29.2 Å². The van der Waals surface area contributed by atoms with Gasteiger partial charge in [-0.1, -0.05) is 55.1 Å². The number of carbonyl (C=O) groups is 1. The van der Waals surface area contributed by atoms with Crippen LogP contribution in [0.1, 0.15) is 24.6 Å². The summed E-state index contributed by atoms with van der Waals surface area (Å²) in [7, 11) is 0. The van der Waals surface area contributed by atoms with Gasteiger partial charge in [0.15, 0.2) is 5.16 Å². The van der Waals surface area contributed by atoms with Crippen molar-refractivity contribution in [3.05, 3.63) is 71.9 Å². The van der Waals surface area contributed by atoms with Gasteiger partial charge in [-0.25, -0.2) is 9.97 Å². The van der Waals surface area contributed by atoms with Gasteiger partial charge >= 0.3 is 5.97 Å². The number of hydrogen-bond acceptors (Lipinski definition) is 6. The first kappa shape index (κ1) is 18.9. The maximum atomic E-state index is 11.5. The monoisotopic (exact) mass is 379 g/mol. The van der Waals surface area contributed by atoms with Gasteiger partial charge < -0.3 is 10.1 Å². The molecule has 1 N–H and O–H groups in total. The SMILES string of the molecule is CCC(=O)Oc1cccc(Nc2cc(C)nc(SCc3ccccc3)n2)c1. The predicted molar refractivity (Wildman–Crippen MR) is 108 cm³/mol. The summed E-state index contributed by atoms with van der Waals surface area (Å²) >= 11 is 1.60. The highest BCUT2D eigenvalue weighted by Gasteiger charge is 2.06. The van der Waals surface area contributed by atoms with Gasteiger partial charge in [0, 0.05) is 35.7 Å². The molecule has 0 fully saturated rings. The molecule has 0 aliphatic rings. The largest absolute Gasteiger partial charge is 0.426 e. The molecule has 5 nitrogen and oxygen atoms in total. The molecule has 0 radical (unpaired) electrons. The van der Waals surface area contributed by atoms with Gasteiger partial charge in [0.2, 0.25) is 0 Å². The molecule has 3 rings (SSSR count). The topological polar surface area (TPSA) is 64.1 Å². The normalized spacial score (nSPS) is 10.4. The number of thioether (sulfide) groups is 1. The number of hydrogen-bond donors (Lipinski definition) is 1. The summed E-state index contributed by atoms with van der Waals surface area (Å²) in [6.45, 7) is 3.71. The summed E-state index contributed by atoms with van der Waals surface area (Å²) in [6.07, 6.45) is 0.338. The van der Waals surface area contributed by atoms with Crippen LogP contribution >= 0.6 is 11.8 Å². The summed E-state index contributed by atoms with van der Waals surface area (Å²) in [4.78, 5) is 20.5. The van der Waals surface area contributed by atoms with E-state index >= 15 is 0 Å². The zero-order valence-electron chi connectivity index (χ0n) is 15.3. The van der Waals surface area contributed by atoms with E-state index in [1.807, 2.05) is 43.3 Å². The lowest BCUT2D eigenvalue weighted by Crippen LogP contribution is -2.05. The summed E-state index contributed by atoms with van der Waals surface area (Å²) in [5.41, 5.74) is 2.91. The minimum absolute atomic E-state index is 0.260. The Labute approximate surface area is 163 Å². The van der Waals surface area contributed by atoms with Crippen molar-refractivity contribution in [3.8, 4) is 5.75 Å². The van der Waals surface area contributed by atoms with Crippen molar-refractivity contribution in [1.29, 1.82) is 0 Å². The first-order valence-corrected chi connectivity index (χ1v) is 9.71. The number of benzene rings is 2. The molecule has 0 aliphatic heterocycles. The van der Waals surface area contributed by atoms with Crippen LogP contribution in [0.25, 0.3) is 0 Å². The lowest BCUT2D eigenvalue weighted by Gasteiger charge is -2.10. The maximum absolute atomic E-state index is 11.5. The third-order valence-electron chi connectivity index (χ3n) is 3.67. The molecule has 0 bridgehead atoms. The lowest BCUT2D eigenvalue weighted by molar-refractivity contribution is -0.134. The Morgan fingerprint density at radius 3 is 2.67 bits per heavy atom. The Morgan fingerprint density at radius 1 is 1.07 bits per heavy atom. The molecule has 1 heterocycles. The molecule has 6 heteroatoms. The molecule has 1 aromatic heterocycles. The van der Waals surface area contributed by atoms with E-state index in [4.69, 9.17) is 4.74 Å². The standard InChI is InChI=1S/C21H21N3O2S/c1-3-20(25)26-18-11-7-10-17(13-18)23-19-12-15(2)22-21(24-19)27-14-16-8-5-4-6-9-16/h4-13H,3,14H2,1-2H3,(H,22,23,24). The molecular weight excluding hydrogens is 358 g/mol. The Bertz CT molecular complexity index is 916. The highest BCUT2D eigenvalue weighted by atomic mass is 32.2. The summed E-state index contributed by atoms with van der Waals surface area (Å²) < 4.78 is 5.26. The minimum atomic E-state index is -0.260. The molecule has 0 amide bonds. The van der Waals surface area contributed by atoms with E-state index in [9.17, 15) is 4.79 Å². The van der Waals surface area contributed by atoms with Gasteiger partial charge in [0.1, 0.15) is 11.6 Å². The number of nitrogens with one attached hydrogen (secondary N) is 1. The van der Waals surface area contributed by atoms with Crippen LogP contribution in [-0.2, 0) is 10.5 Å². The predicted octanol–water partition coefficient (Wildman–Crippen LogP) is 5.14. The molecule has 0 spiro atoms. The van der Waals surface area contributed by atoms with E-state index in [1.165, 1.54) is 5.56 Å². The summed E-state index contributed by atoms with van der Waals surface area (Å²) in [5.74, 6) is 1.77. The van der Waals surface area contributed by atoms with Crippen LogP contribution in [-0.4, -0.2) is 15.9 Å². The van der Waals surface area contributed by atoms with Crippen LogP contribution < -0.4 is 10.1 Å². The van der Waals surface area contributed by atoms with Gasteiger partial charge in [-0.2, -0.15) is 0 Å². The number of nitrogens with zero attached hydrogens (tertiary/aromatic N) is 2. The second-order valence-electron chi connectivity index (χ2n) is 5.93. The van der Waals surface area contributed by atoms with Crippen LogP contribution in [0.5, 0.6) is 5.75 Å². The zero-order valence-corrected chi connectivity index (χ0v) is 16.1. The molecule has 2 aromatic carbocycles. The Balaban J connectivity index is 1.71. The fraction of sp³-hybridized carbons (Fsp3) is 0.190. The fourth-order valence-corrected chi connectivity index (χ4v) is 3.24. The number of aryl methyl sites for hydroxylation is 1. The molecule has 3 aromatic rings. The number of carbonyl (C=O) groups excluding carboxylic acids is 1. The second-order valence-corrected chi connectivity index (χ2v) is 6.87. The van der Waals surface area contributed by atoms with Crippen LogP contribution in [0, 0.1) is 6.92 Å². The van der Waals surface area contributed by atoms with Gasteiger partial charge in [-0.3, -0.25) is 4.79 Å². The van der Waals surface area contributed by atoms with Crippen LogP contribution in [0.4, 0.5) is 11.5 Å². The first-order chi connectivity index (χ1) is 13.1. The highest BCUT2D eigenvalue weighted by Crippen LogP contribution is 2.24. The number of rotatable bonds is 7. The third-order valence-corrected chi connectivity index (χ3v) is 4.59. The maximum Gasteiger partial charge on any atom is 0.310 e. The third kappa shape index (κ3) is 5.82. The zero-order chi connectivity index (χ0) is 19.1. The van der Waals surface area contributed by atoms with Gasteiger partial charge in [-0.15, -0.1) is 0 Å². The average molecular weight is 379 g/mol. The molecule has 27 heavy (non-hydrogen) atoms. The summed E-state index contributed by atoms with van der Waals surface area (Å²) in [6, 6.07) is 19.4.